The van der Waals surface area contributed by atoms with Gasteiger partial charge in [0.05, 0.1) is 0 Å². The van der Waals surface area contributed by atoms with Gasteiger partial charge in [0.1, 0.15) is 11.5 Å². The molecule has 2 N–H and O–H groups in total. The van der Waals surface area contributed by atoms with Crippen LogP contribution in [0.5, 0.6) is 11.5 Å². The van der Waals surface area contributed by atoms with Crippen LogP contribution in [-0.2, 0) is 0 Å². The molecule has 2 unspecified atom stereocenters. The molecule has 0 spiro atoms. The van der Waals surface area contributed by atoms with E-state index >= 15 is 0 Å². The van der Waals surface area contributed by atoms with Gasteiger partial charge in [0.15, 0.2) is 0 Å². The van der Waals surface area contributed by atoms with E-state index in [1.165, 1.54) is 37.5 Å². The van der Waals surface area contributed by atoms with Crippen molar-refractivity contribution in [2.24, 2.45) is 11.8 Å². The summed E-state index contributed by atoms with van der Waals surface area (Å²) in [6.07, 6.45) is 3.73. The Bertz CT molecular complexity index is 454. The van der Waals surface area contributed by atoms with Gasteiger partial charge in [-0.05, 0) is 36.8 Å². The minimum atomic E-state index is -0.0874. The fourth-order valence-corrected chi connectivity index (χ4v) is 3.30. The van der Waals surface area contributed by atoms with Crippen molar-refractivity contribution >= 4 is 5.91 Å². The molecule has 0 radical (unpaired) electrons. The number of carbonyl (C=O) groups is 1. The monoisotopic (exact) mass is 247 g/mol. The lowest BCUT2D eigenvalue weighted by Gasteiger charge is -2.17. The van der Waals surface area contributed by atoms with Gasteiger partial charge < -0.3 is 15.1 Å². The van der Waals surface area contributed by atoms with Gasteiger partial charge >= 0.3 is 0 Å². The summed E-state index contributed by atoms with van der Waals surface area (Å²) in [5, 5.41) is 18.8. The number of benzene rings is 1. The molecule has 1 aliphatic carbocycles. The molecule has 2 fully saturated rings. The first-order valence-electron chi connectivity index (χ1n) is 6.46. The van der Waals surface area contributed by atoms with Gasteiger partial charge in [0.2, 0.25) is 0 Å². The number of aromatic hydroxyl groups is 2. The maximum absolute atomic E-state index is 12.3. The van der Waals surface area contributed by atoms with Crippen LogP contribution in [0.3, 0.4) is 0 Å². The van der Waals surface area contributed by atoms with Crippen molar-refractivity contribution in [2.75, 3.05) is 13.1 Å². The van der Waals surface area contributed by atoms with Crippen molar-refractivity contribution in [3.8, 4) is 11.5 Å². The normalized spacial score (nSPS) is 26.3. The third-order valence-electron chi connectivity index (χ3n) is 4.16. The maximum atomic E-state index is 12.3. The summed E-state index contributed by atoms with van der Waals surface area (Å²) >= 11 is 0. The van der Waals surface area contributed by atoms with E-state index in [0.29, 0.717) is 17.4 Å². The van der Waals surface area contributed by atoms with E-state index in [1.807, 2.05) is 4.90 Å². The number of phenols is 2. The molecule has 18 heavy (non-hydrogen) atoms. The molecule has 96 valence electrons. The summed E-state index contributed by atoms with van der Waals surface area (Å²) in [5.41, 5.74) is 0.368. The predicted molar refractivity (Wildman–Crippen MR) is 66.5 cm³/mol. The zero-order valence-electron chi connectivity index (χ0n) is 10.2. The summed E-state index contributed by atoms with van der Waals surface area (Å²) in [7, 11) is 0. The van der Waals surface area contributed by atoms with Gasteiger partial charge in [-0.3, -0.25) is 4.79 Å². The standard InChI is InChI=1S/C14H17NO3/c16-12-4-11(5-13(17)6-12)14(18)15-7-9-2-1-3-10(9)8-15/h4-6,9-10,16-17H,1-3,7-8H2. The second-order valence-corrected chi connectivity index (χ2v) is 5.40. The third-order valence-corrected chi connectivity index (χ3v) is 4.16. The Hall–Kier alpha value is -1.71. The van der Waals surface area contributed by atoms with E-state index in [4.69, 9.17) is 0 Å². The summed E-state index contributed by atoms with van der Waals surface area (Å²) in [6.45, 7) is 1.64. The van der Waals surface area contributed by atoms with Gasteiger partial charge in [-0.15, -0.1) is 0 Å². The summed E-state index contributed by atoms with van der Waals surface area (Å²) in [5.74, 6) is 1.07. The van der Waals surface area contributed by atoms with Crippen LogP contribution in [-0.4, -0.2) is 34.1 Å². The van der Waals surface area contributed by atoms with Gasteiger partial charge in [-0.1, -0.05) is 6.42 Å². The van der Waals surface area contributed by atoms with E-state index < -0.39 is 0 Å². The average Bonchev–Trinajstić information content (AvgIpc) is 2.86. The second-order valence-electron chi connectivity index (χ2n) is 5.40. The van der Waals surface area contributed by atoms with E-state index in [9.17, 15) is 15.0 Å². The molecule has 2 aliphatic rings. The number of likely N-dealkylation sites (tertiary alicyclic amines) is 1. The summed E-state index contributed by atoms with van der Waals surface area (Å²) in [4.78, 5) is 14.1. The van der Waals surface area contributed by atoms with Crippen molar-refractivity contribution in [3.05, 3.63) is 23.8 Å². The number of hydrogen-bond acceptors (Lipinski definition) is 3. The molecule has 0 bridgehead atoms. The molecule has 1 heterocycles. The minimum Gasteiger partial charge on any atom is -0.508 e. The van der Waals surface area contributed by atoms with E-state index in [0.717, 1.165) is 13.1 Å². The zero-order chi connectivity index (χ0) is 12.7. The highest BCUT2D eigenvalue weighted by molar-refractivity contribution is 5.95. The Morgan fingerprint density at radius 1 is 1.06 bits per heavy atom. The Labute approximate surface area is 106 Å². The van der Waals surface area contributed by atoms with Gasteiger partial charge in [0.25, 0.3) is 5.91 Å². The Morgan fingerprint density at radius 3 is 2.17 bits per heavy atom. The molecule has 4 nitrogen and oxygen atoms in total. The quantitative estimate of drug-likeness (QED) is 0.797. The molecular formula is C14H17NO3. The molecule has 2 atom stereocenters. The van der Waals surface area contributed by atoms with Crippen LogP contribution in [0.15, 0.2) is 18.2 Å². The van der Waals surface area contributed by atoms with Crippen molar-refractivity contribution in [2.45, 2.75) is 19.3 Å². The number of hydrogen-bond donors (Lipinski definition) is 2. The maximum Gasteiger partial charge on any atom is 0.254 e. The van der Waals surface area contributed by atoms with Crippen LogP contribution >= 0.6 is 0 Å². The lowest BCUT2D eigenvalue weighted by Crippen LogP contribution is -2.29. The molecule has 4 heteroatoms. The first kappa shape index (κ1) is 11.4. The highest BCUT2D eigenvalue weighted by Gasteiger charge is 2.38. The lowest BCUT2D eigenvalue weighted by atomic mass is 10.0. The highest BCUT2D eigenvalue weighted by Crippen LogP contribution is 2.38. The molecule has 1 amide bonds. The molecule has 1 saturated carbocycles. The Morgan fingerprint density at radius 2 is 1.61 bits per heavy atom. The first-order chi connectivity index (χ1) is 8.63. The lowest BCUT2D eigenvalue weighted by molar-refractivity contribution is 0.0780. The predicted octanol–water partition coefficient (Wildman–Crippen LogP) is 1.97. The zero-order valence-corrected chi connectivity index (χ0v) is 10.2. The third kappa shape index (κ3) is 1.92. The van der Waals surface area contributed by atoms with Crippen LogP contribution < -0.4 is 0 Å². The summed E-state index contributed by atoms with van der Waals surface area (Å²) in [6, 6.07) is 4.06. The number of amides is 1. The minimum absolute atomic E-state index is 0.0715. The number of nitrogens with zero attached hydrogens (tertiary/aromatic N) is 1. The van der Waals surface area contributed by atoms with Crippen LogP contribution in [0.2, 0.25) is 0 Å². The SMILES string of the molecule is O=C(c1cc(O)cc(O)c1)N1CC2CCCC2C1. The Balaban J connectivity index is 1.78. The summed E-state index contributed by atoms with van der Waals surface area (Å²) < 4.78 is 0. The average molecular weight is 247 g/mol. The fraction of sp³-hybridized carbons (Fsp3) is 0.500. The molecule has 3 rings (SSSR count). The van der Waals surface area contributed by atoms with Crippen LogP contribution in [0, 0.1) is 11.8 Å². The molecule has 1 aliphatic heterocycles. The van der Waals surface area contributed by atoms with Crippen LogP contribution in [0.4, 0.5) is 0 Å². The molecule has 0 aromatic heterocycles. The van der Waals surface area contributed by atoms with Crippen molar-refractivity contribution in [1.82, 2.24) is 4.90 Å². The van der Waals surface area contributed by atoms with Crippen LogP contribution in [0.25, 0.3) is 0 Å². The van der Waals surface area contributed by atoms with Crippen molar-refractivity contribution in [3.63, 3.8) is 0 Å². The number of phenolic OH excluding ortho intramolecular Hbond substituents is 2. The van der Waals surface area contributed by atoms with Gasteiger partial charge in [-0.25, -0.2) is 0 Å². The molecule has 1 aromatic rings. The highest BCUT2D eigenvalue weighted by atomic mass is 16.3. The van der Waals surface area contributed by atoms with E-state index in [1.54, 1.807) is 0 Å². The smallest absolute Gasteiger partial charge is 0.254 e. The van der Waals surface area contributed by atoms with Crippen molar-refractivity contribution < 1.29 is 15.0 Å². The fourth-order valence-electron chi connectivity index (χ4n) is 3.30. The first-order valence-corrected chi connectivity index (χ1v) is 6.46. The van der Waals surface area contributed by atoms with Crippen molar-refractivity contribution in [1.29, 1.82) is 0 Å². The number of fused-ring (bicyclic) bond motifs is 1. The number of rotatable bonds is 1. The molecule has 1 saturated heterocycles. The number of carbonyl (C=O) groups excluding carboxylic acids is 1. The topological polar surface area (TPSA) is 60.8 Å². The molecular weight excluding hydrogens is 230 g/mol. The van der Waals surface area contributed by atoms with Gasteiger partial charge in [-0.2, -0.15) is 0 Å². The van der Waals surface area contributed by atoms with Gasteiger partial charge in [0, 0.05) is 24.7 Å². The van der Waals surface area contributed by atoms with E-state index in [-0.39, 0.29) is 17.4 Å². The van der Waals surface area contributed by atoms with Crippen LogP contribution in [0.1, 0.15) is 29.6 Å². The second kappa shape index (κ2) is 4.19. The van der Waals surface area contributed by atoms with E-state index in [2.05, 4.69) is 0 Å². The Kier molecular flexibility index (Phi) is 2.65. The molecule has 1 aromatic carbocycles. The largest absolute Gasteiger partial charge is 0.508 e.